The largest absolute Gasteiger partial charge is 0.373 e. The summed E-state index contributed by atoms with van der Waals surface area (Å²) in [6.07, 6.45) is 1.32. The fourth-order valence-corrected chi connectivity index (χ4v) is 4.05. The van der Waals surface area contributed by atoms with Gasteiger partial charge in [0.15, 0.2) is 0 Å². The molecule has 106 valence electrons. The van der Waals surface area contributed by atoms with Crippen LogP contribution < -0.4 is 5.73 Å². The Hall–Kier alpha value is -1.02. The first-order valence-corrected chi connectivity index (χ1v) is 7.68. The standard InChI is InChI=1S/C12H19N3O3S/c1-9-7-15(8-10(2)18-9)19(16,17)12-4-3-5-14-11(12)6-13/h3-5,9-10H,6-8,13H2,1-2H3/t9-,10+. The number of nitrogens with two attached hydrogens (primary N) is 1. The van der Waals surface area contributed by atoms with Crippen LogP contribution in [0.2, 0.25) is 0 Å². The normalized spacial score (nSPS) is 25.4. The van der Waals surface area contributed by atoms with E-state index in [9.17, 15) is 8.42 Å². The molecule has 1 aromatic rings. The Bertz CT molecular complexity index is 537. The summed E-state index contributed by atoms with van der Waals surface area (Å²) >= 11 is 0. The topological polar surface area (TPSA) is 85.5 Å². The fourth-order valence-electron chi connectivity index (χ4n) is 2.28. The molecule has 2 rings (SSSR count). The van der Waals surface area contributed by atoms with E-state index in [0.717, 1.165) is 0 Å². The van der Waals surface area contributed by atoms with Crippen molar-refractivity contribution < 1.29 is 13.2 Å². The lowest BCUT2D eigenvalue weighted by molar-refractivity contribution is -0.0441. The summed E-state index contributed by atoms with van der Waals surface area (Å²) in [7, 11) is -3.56. The molecule has 0 amide bonds. The molecule has 1 aromatic heterocycles. The maximum Gasteiger partial charge on any atom is 0.245 e. The van der Waals surface area contributed by atoms with E-state index in [4.69, 9.17) is 10.5 Å². The lowest BCUT2D eigenvalue weighted by Crippen LogP contribution is -2.48. The molecule has 19 heavy (non-hydrogen) atoms. The van der Waals surface area contributed by atoms with Crippen LogP contribution in [0.5, 0.6) is 0 Å². The van der Waals surface area contributed by atoms with Crippen molar-refractivity contribution in [2.24, 2.45) is 5.73 Å². The van der Waals surface area contributed by atoms with Gasteiger partial charge in [0.05, 0.1) is 17.9 Å². The van der Waals surface area contributed by atoms with Gasteiger partial charge in [0.1, 0.15) is 4.90 Å². The second-order valence-electron chi connectivity index (χ2n) is 4.73. The predicted octanol–water partition coefficient (Wildman–Crippen LogP) is 0.338. The van der Waals surface area contributed by atoms with Gasteiger partial charge in [0, 0.05) is 25.8 Å². The quantitative estimate of drug-likeness (QED) is 0.865. The zero-order chi connectivity index (χ0) is 14.0. The average Bonchev–Trinajstić information content (AvgIpc) is 2.37. The highest BCUT2D eigenvalue weighted by atomic mass is 32.2. The maximum absolute atomic E-state index is 12.6. The maximum atomic E-state index is 12.6. The highest BCUT2D eigenvalue weighted by Crippen LogP contribution is 2.22. The Morgan fingerprint density at radius 2 is 2.05 bits per heavy atom. The molecule has 0 aliphatic carbocycles. The second-order valence-corrected chi connectivity index (χ2v) is 6.64. The van der Waals surface area contributed by atoms with Crippen molar-refractivity contribution in [2.75, 3.05) is 13.1 Å². The molecule has 2 heterocycles. The van der Waals surface area contributed by atoms with Gasteiger partial charge < -0.3 is 10.5 Å². The molecule has 0 unspecified atom stereocenters. The van der Waals surface area contributed by atoms with Crippen molar-refractivity contribution in [1.29, 1.82) is 0 Å². The molecule has 6 nitrogen and oxygen atoms in total. The van der Waals surface area contributed by atoms with Gasteiger partial charge in [-0.05, 0) is 26.0 Å². The van der Waals surface area contributed by atoms with Gasteiger partial charge in [-0.15, -0.1) is 0 Å². The monoisotopic (exact) mass is 285 g/mol. The van der Waals surface area contributed by atoms with Crippen LogP contribution in [0.3, 0.4) is 0 Å². The van der Waals surface area contributed by atoms with Gasteiger partial charge in [-0.3, -0.25) is 4.98 Å². The summed E-state index contributed by atoms with van der Waals surface area (Å²) < 4.78 is 32.3. The smallest absolute Gasteiger partial charge is 0.245 e. The number of pyridine rings is 1. The van der Waals surface area contributed by atoms with Crippen LogP contribution >= 0.6 is 0 Å². The lowest BCUT2D eigenvalue weighted by atomic mass is 10.3. The molecule has 2 atom stereocenters. The van der Waals surface area contributed by atoms with Crippen LogP contribution in [-0.2, 0) is 21.3 Å². The third-order valence-electron chi connectivity index (χ3n) is 3.05. The van der Waals surface area contributed by atoms with Crippen LogP contribution in [0.1, 0.15) is 19.5 Å². The van der Waals surface area contributed by atoms with Crippen LogP contribution in [0.15, 0.2) is 23.2 Å². The molecule has 0 bridgehead atoms. The van der Waals surface area contributed by atoms with Crippen LogP contribution in [0, 0.1) is 0 Å². The molecule has 2 N–H and O–H groups in total. The summed E-state index contributed by atoms with van der Waals surface area (Å²) in [4.78, 5) is 4.23. The van der Waals surface area contributed by atoms with Crippen LogP contribution in [0.4, 0.5) is 0 Å². The van der Waals surface area contributed by atoms with Gasteiger partial charge in [-0.1, -0.05) is 0 Å². The Balaban J connectivity index is 2.36. The molecular formula is C12H19N3O3S. The van der Waals surface area contributed by atoms with E-state index in [1.165, 1.54) is 4.31 Å². The summed E-state index contributed by atoms with van der Waals surface area (Å²) in [5.74, 6) is 0. The number of aromatic nitrogens is 1. The number of morpholine rings is 1. The molecular weight excluding hydrogens is 266 g/mol. The summed E-state index contributed by atoms with van der Waals surface area (Å²) in [6, 6.07) is 3.16. The molecule has 1 saturated heterocycles. The third kappa shape index (κ3) is 2.94. The number of nitrogens with zero attached hydrogens (tertiary/aromatic N) is 2. The van der Waals surface area contributed by atoms with Crippen molar-refractivity contribution in [2.45, 2.75) is 37.5 Å². The molecule has 1 aliphatic heterocycles. The Morgan fingerprint density at radius 3 is 2.63 bits per heavy atom. The van der Waals surface area contributed by atoms with Crippen molar-refractivity contribution >= 4 is 10.0 Å². The van der Waals surface area contributed by atoms with E-state index in [-0.39, 0.29) is 23.6 Å². The molecule has 0 radical (unpaired) electrons. The van der Waals surface area contributed by atoms with Crippen molar-refractivity contribution in [3.05, 3.63) is 24.0 Å². The molecule has 1 fully saturated rings. The van der Waals surface area contributed by atoms with Gasteiger partial charge in [-0.25, -0.2) is 8.42 Å². The summed E-state index contributed by atoms with van der Waals surface area (Å²) in [6.45, 7) is 4.54. The zero-order valence-corrected chi connectivity index (χ0v) is 11.9. The molecule has 0 saturated carbocycles. The number of hydrogen-bond donors (Lipinski definition) is 1. The summed E-state index contributed by atoms with van der Waals surface area (Å²) in [5, 5.41) is 0. The minimum Gasteiger partial charge on any atom is -0.373 e. The lowest BCUT2D eigenvalue weighted by Gasteiger charge is -2.34. The van der Waals surface area contributed by atoms with Crippen molar-refractivity contribution in [3.63, 3.8) is 0 Å². The highest BCUT2D eigenvalue weighted by molar-refractivity contribution is 7.89. The Morgan fingerprint density at radius 1 is 1.42 bits per heavy atom. The predicted molar refractivity (Wildman–Crippen MR) is 70.9 cm³/mol. The van der Waals surface area contributed by atoms with Crippen LogP contribution in [-0.4, -0.2) is 43.0 Å². The van der Waals surface area contributed by atoms with Gasteiger partial charge >= 0.3 is 0 Å². The fraction of sp³-hybridized carbons (Fsp3) is 0.583. The first-order valence-electron chi connectivity index (χ1n) is 6.24. The van der Waals surface area contributed by atoms with E-state index < -0.39 is 10.0 Å². The SMILES string of the molecule is C[C@@H]1CN(S(=O)(=O)c2cccnc2CN)C[C@H](C)O1. The minimum atomic E-state index is -3.56. The van der Waals surface area contributed by atoms with Gasteiger partial charge in [-0.2, -0.15) is 4.31 Å². The average molecular weight is 285 g/mol. The molecule has 1 aliphatic rings. The number of ether oxygens (including phenoxy) is 1. The second kappa shape index (κ2) is 5.54. The van der Waals surface area contributed by atoms with E-state index >= 15 is 0 Å². The molecule has 0 spiro atoms. The van der Waals surface area contributed by atoms with Crippen molar-refractivity contribution in [1.82, 2.24) is 9.29 Å². The molecule has 7 heteroatoms. The van der Waals surface area contributed by atoms with E-state index in [1.54, 1.807) is 18.3 Å². The molecule has 0 aromatic carbocycles. The minimum absolute atomic E-state index is 0.102. The Labute approximate surface area is 113 Å². The number of sulfonamides is 1. The van der Waals surface area contributed by atoms with E-state index in [1.807, 2.05) is 13.8 Å². The third-order valence-corrected chi connectivity index (χ3v) is 4.95. The van der Waals surface area contributed by atoms with E-state index in [0.29, 0.717) is 18.8 Å². The summed E-state index contributed by atoms with van der Waals surface area (Å²) in [5.41, 5.74) is 5.96. The zero-order valence-electron chi connectivity index (χ0n) is 11.1. The Kier molecular flexibility index (Phi) is 4.19. The first-order chi connectivity index (χ1) is 8.95. The van der Waals surface area contributed by atoms with E-state index in [2.05, 4.69) is 4.98 Å². The highest BCUT2D eigenvalue weighted by Gasteiger charge is 2.33. The first kappa shape index (κ1) is 14.4. The van der Waals surface area contributed by atoms with Gasteiger partial charge in [0.2, 0.25) is 10.0 Å². The number of rotatable bonds is 3. The van der Waals surface area contributed by atoms with Crippen molar-refractivity contribution in [3.8, 4) is 0 Å². The number of hydrogen-bond acceptors (Lipinski definition) is 5. The van der Waals surface area contributed by atoms with Gasteiger partial charge in [0.25, 0.3) is 0 Å². The van der Waals surface area contributed by atoms with Crippen LogP contribution in [0.25, 0.3) is 0 Å².